The number of hydrogen-bond acceptors (Lipinski definition) is 9. The van der Waals surface area contributed by atoms with Crippen molar-refractivity contribution >= 4 is 31.0 Å². The van der Waals surface area contributed by atoms with Gasteiger partial charge in [0.2, 0.25) is 11.8 Å². The molecule has 1 N–H and O–H groups in total. The summed E-state index contributed by atoms with van der Waals surface area (Å²) >= 11 is 0. The first-order chi connectivity index (χ1) is 22.6. The first-order valence-electron chi connectivity index (χ1n) is 15.5. The average Bonchev–Trinajstić information content (AvgIpc) is 3.54. The molecule has 0 aromatic heterocycles. The summed E-state index contributed by atoms with van der Waals surface area (Å²) in [7, 11) is -4.13. The van der Waals surface area contributed by atoms with Crippen LogP contribution in [0.15, 0.2) is 84.0 Å². The Kier molecular flexibility index (Phi) is 11.4. The third kappa shape index (κ3) is 9.26. The lowest BCUT2D eigenvalue weighted by Gasteiger charge is -2.45. The summed E-state index contributed by atoms with van der Waals surface area (Å²) in [4.78, 5) is 33.6. The Labute approximate surface area is 274 Å². The zero-order valence-electron chi connectivity index (χ0n) is 26.7. The molecule has 0 radical (unpaired) electrons. The molecule has 13 heteroatoms. The van der Waals surface area contributed by atoms with Gasteiger partial charge in [-0.15, -0.1) is 0 Å². The summed E-state index contributed by atoms with van der Waals surface area (Å²) in [6.07, 6.45) is 0.157. The Balaban J connectivity index is 1.19. The largest absolute Gasteiger partial charge is 0.475 e. The van der Waals surface area contributed by atoms with Crippen molar-refractivity contribution in [3.05, 3.63) is 101 Å². The Morgan fingerprint density at radius 1 is 0.936 bits per heavy atom. The molecule has 2 heterocycles. The van der Waals surface area contributed by atoms with Gasteiger partial charge in [0.15, 0.2) is 0 Å². The van der Waals surface area contributed by atoms with E-state index in [1.54, 1.807) is 17.0 Å². The molecular weight excluding hydrogens is 626 g/mol. The van der Waals surface area contributed by atoms with Gasteiger partial charge in [0.25, 0.3) is 0 Å². The highest BCUT2D eigenvalue weighted by Crippen LogP contribution is 2.51. The van der Waals surface area contributed by atoms with Crippen LogP contribution in [0, 0.1) is 5.82 Å². The fraction of sp³-hybridized carbons (Fsp3) is 0.382. The van der Waals surface area contributed by atoms with Gasteiger partial charge in [-0.2, -0.15) is 0 Å². The molecule has 11 nitrogen and oxygen atoms in total. The summed E-state index contributed by atoms with van der Waals surface area (Å²) in [6, 6.07) is 22.7. The molecule has 3 unspecified atom stereocenters. The van der Waals surface area contributed by atoms with E-state index in [2.05, 4.69) is 10.5 Å². The number of amides is 2. The number of carbonyl (C=O) groups is 2. The molecule has 47 heavy (non-hydrogen) atoms. The van der Waals surface area contributed by atoms with Gasteiger partial charge in [0.05, 0.1) is 31.2 Å². The van der Waals surface area contributed by atoms with Crippen molar-refractivity contribution in [3.8, 4) is 0 Å². The maximum Gasteiger partial charge on any atom is 0.475 e. The molecule has 2 amide bonds. The SMILES string of the molecule is CC(=O)NCC1CC(c2ccc(N3CC(C)N(C(=O)COP(=O)(OCc4ccccc4)OCc4ccccc4)C(C)C3)c(F)c2)=NO1. The van der Waals surface area contributed by atoms with Crippen LogP contribution in [-0.2, 0) is 45.8 Å². The average molecular weight is 667 g/mol. The Hall–Kier alpha value is -4.09. The summed E-state index contributed by atoms with van der Waals surface area (Å²) in [5.74, 6) is -0.943. The molecule has 2 aliphatic rings. The van der Waals surface area contributed by atoms with Crippen molar-refractivity contribution in [1.82, 2.24) is 10.2 Å². The third-order valence-electron chi connectivity index (χ3n) is 7.95. The highest BCUT2D eigenvalue weighted by atomic mass is 31.2. The predicted molar refractivity (Wildman–Crippen MR) is 175 cm³/mol. The summed E-state index contributed by atoms with van der Waals surface area (Å²) < 4.78 is 46.0. The second-order valence-electron chi connectivity index (χ2n) is 11.7. The van der Waals surface area contributed by atoms with Crippen molar-refractivity contribution in [2.45, 2.75) is 58.6 Å². The number of phosphoric ester groups is 1. The molecule has 250 valence electrons. The number of nitrogens with zero attached hydrogens (tertiary/aromatic N) is 3. The number of phosphoric acid groups is 1. The van der Waals surface area contributed by atoms with Crippen molar-refractivity contribution in [3.63, 3.8) is 0 Å². The molecule has 0 aliphatic carbocycles. The lowest BCUT2D eigenvalue weighted by atomic mass is 10.0. The van der Waals surface area contributed by atoms with Gasteiger partial charge in [0.1, 0.15) is 18.5 Å². The van der Waals surface area contributed by atoms with E-state index in [4.69, 9.17) is 18.4 Å². The van der Waals surface area contributed by atoms with Gasteiger partial charge in [-0.05, 0) is 37.1 Å². The second kappa shape index (κ2) is 15.7. The fourth-order valence-electron chi connectivity index (χ4n) is 5.70. The monoisotopic (exact) mass is 666 g/mol. The minimum Gasteiger partial charge on any atom is -0.390 e. The molecular formula is C34H40FN4O7P. The van der Waals surface area contributed by atoms with Crippen LogP contribution in [-0.4, -0.2) is 66.9 Å². The number of rotatable bonds is 13. The number of benzene rings is 3. The topological polar surface area (TPSA) is 119 Å². The third-order valence-corrected chi connectivity index (χ3v) is 9.29. The lowest BCUT2D eigenvalue weighted by Crippen LogP contribution is -2.59. The lowest BCUT2D eigenvalue weighted by molar-refractivity contribution is -0.139. The van der Waals surface area contributed by atoms with E-state index in [0.717, 1.165) is 11.1 Å². The normalized spacial score (nSPS) is 19.7. The zero-order valence-corrected chi connectivity index (χ0v) is 27.6. The van der Waals surface area contributed by atoms with E-state index in [0.29, 0.717) is 43.0 Å². The van der Waals surface area contributed by atoms with Gasteiger partial charge in [-0.1, -0.05) is 71.9 Å². The molecule has 2 aliphatic heterocycles. The van der Waals surface area contributed by atoms with E-state index in [9.17, 15) is 14.2 Å². The molecule has 3 atom stereocenters. The molecule has 0 bridgehead atoms. The van der Waals surface area contributed by atoms with Gasteiger partial charge in [-0.3, -0.25) is 23.2 Å². The van der Waals surface area contributed by atoms with Crippen molar-refractivity contribution in [2.75, 3.05) is 31.1 Å². The molecule has 5 rings (SSSR count). The zero-order chi connectivity index (χ0) is 33.4. The van der Waals surface area contributed by atoms with Crippen LogP contribution in [0.5, 0.6) is 0 Å². The number of carbonyl (C=O) groups excluding carboxylic acids is 2. The number of halogens is 1. The van der Waals surface area contributed by atoms with Gasteiger partial charge >= 0.3 is 7.82 Å². The van der Waals surface area contributed by atoms with Crippen molar-refractivity contribution < 1.29 is 37.0 Å². The van der Waals surface area contributed by atoms with E-state index < -0.39 is 20.2 Å². The minimum atomic E-state index is -4.13. The number of hydrogen-bond donors (Lipinski definition) is 1. The molecule has 0 spiro atoms. The minimum absolute atomic E-state index is 0.0189. The Morgan fingerprint density at radius 3 is 2.09 bits per heavy atom. The highest BCUT2D eigenvalue weighted by molar-refractivity contribution is 7.48. The molecule has 1 fully saturated rings. The first-order valence-corrected chi connectivity index (χ1v) is 17.0. The van der Waals surface area contributed by atoms with E-state index >= 15 is 4.39 Å². The second-order valence-corrected chi connectivity index (χ2v) is 13.4. The summed E-state index contributed by atoms with van der Waals surface area (Å²) in [5, 5.41) is 6.78. The van der Waals surface area contributed by atoms with E-state index in [1.807, 2.05) is 79.4 Å². The Morgan fingerprint density at radius 2 is 1.53 bits per heavy atom. The summed E-state index contributed by atoms with van der Waals surface area (Å²) in [6.45, 7) is 5.72. The van der Waals surface area contributed by atoms with Crippen LogP contribution >= 0.6 is 7.82 Å². The number of oxime groups is 1. The van der Waals surface area contributed by atoms with Crippen LogP contribution in [0.4, 0.5) is 10.1 Å². The van der Waals surface area contributed by atoms with E-state index in [-0.39, 0.29) is 43.2 Å². The summed E-state index contributed by atoms with van der Waals surface area (Å²) in [5.41, 5.74) is 3.19. The van der Waals surface area contributed by atoms with Crippen LogP contribution in [0.25, 0.3) is 0 Å². The number of anilines is 1. The maximum atomic E-state index is 15.4. The fourth-order valence-corrected chi connectivity index (χ4v) is 6.80. The van der Waals surface area contributed by atoms with Crippen LogP contribution in [0.1, 0.15) is 43.9 Å². The Bertz CT molecular complexity index is 1550. The first kappa shape index (κ1) is 34.3. The van der Waals surface area contributed by atoms with Gasteiger partial charge < -0.3 is 20.0 Å². The standard InChI is InChI=1S/C34H40FN4O7P/c1-24-19-38(33-15-14-29(16-31(33)35)32-17-30(46-37-32)18-36-26(3)40)20-25(2)39(24)34(41)23-45-47(42,43-21-27-10-6-4-7-11-27)44-22-28-12-8-5-9-13-28/h4-16,24-25,30H,17-23H2,1-3H3,(H,36,40). The van der Waals surface area contributed by atoms with Crippen LogP contribution in [0.3, 0.4) is 0 Å². The number of nitrogens with one attached hydrogen (secondary N) is 1. The molecule has 0 saturated carbocycles. The smallest absolute Gasteiger partial charge is 0.390 e. The highest BCUT2D eigenvalue weighted by Gasteiger charge is 2.36. The van der Waals surface area contributed by atoms with Crippen molar-refractivity contribution in [1.29, 1.82) is 0 Å². The maximum absolute atomic E-state index is 15.4. The van der Waals surface area contributed by atoms with Gasteiger partial charge in [-0.25, -0.2) is 8.96 Å². The molecule has 3 aromatic rings. The van der Waals surface area contributed by atoms with Crippen molar-refractivity contribution in [2.24, 2.45) is 5.16 Å². The van der Waals surface area contributed by atoms with Gasteiger partial charge in [0, 0.05) is 44.1 Å². The van der Waals surface area contributed by atoms with Crippen LogP contribution < -0.4 is 10.2 Å². The quantitative estimate of drug-likeness (QED) is 0.240. The molecule has 1 saturated heterocycles. The number of piperazine rings is 1. The van der Waals surface area contributed by atoms with E-state index in [1.165, 1.54) is 13.0 Å². The predicted octanol–water partition coefficient (Wildman–Crippen LogP) is 5.44. The van der Waals surface area contributed by atoms with Crippen LogP contribution in [0.2, 0.25) is 0 Å². The molecule has 3 aromatic carbocycles.